The van der Waals surface area contributed by atoms with E-state index in [0.717, 1.165) is 31.8 Å². The van der Waals surface area contributed by atoms with Crippen molar-refractivity contribution in [2.45, 2.75) is 284 Å². The molecule has 60 heavy (non-hydrogen) atoms. The van der Waals surface area contributed by atoms with Crippen molar-refractivity contribution >= 4 is 8.60 Å². The van der Waals surface area contributed by atoms with Gasteiger partial charge in [-0.3, -0.25) is 0 Å². The van der Waals surface area contributed by atoms with Crippen molar-refractivity contribution in [1.29, 1.82) is 0 Å². The van der Waals surface area contributed by atoms with Crippen LogP contribution >= 0.6 is 8.60 Å². The van der Waals surface area contributed by atoms with Gasteiger partial charge in [0.15, 0.2) is 0 Å². The number of benzene rings is 1. The molecule has 0 aliphatic heterocycles. The number of ether oxygens (including phenoxy) is 2. The number of rotatable bonds is 50. The molecule has 0 bridgehead atoms. The topological polar surface area (TPSA) is 46.2 Å². The van der Waals surface area contributed by atoms with Gasteiger partial charge in [0, 0.05) is 13.2 Å². The average Bonchev–Trinajstić information content (AvgIpc) is 3.26. The fraction of sp³-hybridized carbons (Fsp3) is 0.889. The molecule has 0 fully saturated rings. The predicted molar refractivity (Wildman–Crippen MR) is 264 cm³/mol. The molecule has 1 aromatic rings. The molecule has 0 N–H and O–H groups in total. The lowest BCUT2D eigenvalue weighted by atomic mass is 10.0. The average molecular weight is 863 g/mol. The number of para-hydroxylation sites is 1. The van der Waals surface area contributed by atoms with Crippen LogP contribution in [0.15, 0.2) is 30.3 Å². The number of unbranched alkanes of at least 4 members (excludes halogenated alkanes) is 28. The molecular formula is C54H103O5P. The zero-order chi connectivity index (χ0) is 43.1. The van der Waals surface area contributed by atoms with E-state index >= 15 is 0 Å². The lowest BCUT2D eigenvalue weighted by Gasteiger charge is -2.19. The Morgan fingerprint density at radius 3 is 0.983 bits per heavy atom. The molecule has 0 saturated heterocycles. The standard InChI is InChI=1S/C54H103O5P/c1-5-9-13-15-17-19-21-23-27-38-48-55-52(42-32-11-7-3)44-34-25-29-40-50-57-60(59-54-46-36-31-37-47-54)58-51-41-30-26-35-45-53(43-33-12-8-4)56-49-39-28-24-22-20-18-16-14-10-6-2/h31,36-37,46-47,52-53H,5-30,32-35,38-45,48-51H2,1-4H3. The Morgan fingerprint density at radius 2 is 0.617 bits per heavy atom. The summed E-state index contributed by atoms with van der Waals surface area (Å²) in [6.45, 7) is 12.5. The molecule has 2 atom stereocenters. The van der Waals surface area contributed by atoms with Crippen LogP contribution in [-0.4, -0.2) is 38.6 Å². The lowest BCUT2D eigenvalue weighted by Crippen LogP contribution is -2.14. The molecule has 6 heteroatoms. The van der Waals surface area contributed by atoms with Crippen LogP contribution in [0, 0.1) is 0 Å². The van der Waals surface area contributed by atoms with Crippen LogP contribution in [0.4, 0.5) is 0 Å². The smallest absolute Gasteiger partial charge is 0.397 e. The van der Waals surface area contributed by atoms with Crippen LogP contribution in [0.3, 0.4) is 0 Å². The normalized spacial score (nSPS) is 13.2. The van der Waals surface area contributed by atoms with Crippen molar-refractivity contribution in [3.05, 3.63) is 30.3 Å². The van der Waals surface area contributed by atoms with Gasteiger partial charge in [-0.2, -0.15) is 0 Å². The highest BCUT2D eigenvalue weighted by molar-refractivity contribution is 7.42. The van der Waals surface area contributed by atoms with E-state index in [9.17, 15) is 0 Å². The van der Waals surface area contributed by atoms with Gasteiger partial charge in [0.05, 0.1) is 25.4 Å². The van der Waals surface area contributed by atoms with Gasteiger partial charge in [-0.1, -0.05) is 239 Å². The first kappa shape index (κ1) is 57.3. The van der Waals surface area contributed by atoms with Crippen molar-refractivity contribution in [2.24, 2.45) is 0 Å². The predicted octanol–water partition coefficient (Wildman–Crippen LogP) is 19.0. The van der Waals surface area contributed by atoms with Crippen molar-refractivity contribution in [1.82, 2.24) is 0 Å². The quantitative estimate of drug-likeness (QED) is 0.0482. The van der Waals surface area contributed by atoms with Crippen LogP contribution in [-0.2, 0) is 18.5 Å². The molecule has 0 radical (unpaired) electrons. The zero-order valence-corrected chi connectivity index (χ0v) is 41.6. The summed E-state index contributed by atoms with van der Waals surface area (Å²) in [5.41, 5.74) is 0. The van der Waals surface area contributed by atoms with E-state index in [2.05, 4.69) is 27.7 Å². The summed E-state index contributed by atoms with van der Waals surface area (Å²) in [5, 5.41) is 0. The van der Waals surface area contributed by atoms with Gasteiger partial charge in [0.2, 0.25) is 0 Å². The molecule has 354 valence electrons. The minimum absolute atomic E-state index is 0.437. The Morgan fingerprint density at radius 1 is 0.333 bits per heavy atom. The molecule has 0 aliphatic rings. The van der Waals surface area contributed by atoms with Crippen LogP contribution in [0.2, 0.25) is 0 Å². The summed E-state index contributed by atoms with van der Waals surface area (Å²) in [6, 6.07) is 10.0. The Labute approximate surface area is 376 Å². The molecular weight excluding hydrogens is 760 g/mol. The van der Waals surface area contributed by atoms with Crippen molar-refractivity contribution in [3.63, 3.8) is 0 Å². The van der Waals surface area contributed by atoms with Crippen LogP contribution in [0.5, 0.6) is 5.75 Å². The maximum Gasteiger partial charge on any atom is 0.397 e. The summed E-state index contributed by atoms with van der Waals surface area (Å²) in [7, 11) is -1.40. The Kier molecular flexibility index (Phi) is 45.6. The van der Waals surface area contributed by atoms with Crippen molar-refractivity contribution in [3.8, 4) is 5.75 Å². The van der Waals surface area contributed by atoms with E-state index in [1.165, 1.54) is 231 Å². The van der Waals surface area contributed by atoms with Gasteiger partial charge < -0.3 is 23.0 Å². The second-order valence-corrected chi connectivity index (χ2v) is 19.2. The fourth-order valence-electron chi connectivity index (χ4n) is 8.14. The summed E-state index contributed by atoms with van der Waals surface area (Å²) < 4.78 is 31.6. The van der Waals surface area contributed by atoms with Crippen LogP contribution in [0.25, 0.3) is 0 Å². The molecule has 0 aliphatic carbocycles. The fourth-order valence-corrected chi connectivity index (χ4v) is 9.17. The maximum atomic E-state index is 6.45. The van der Waals surface area contributed by atoms with Gasteiger partial charge >= 0.3 is 8.60 Å². The van der Waals surface area contributed by atoms with Crippen molar-refractivity contribution in [2.75, 3.05) is 26.4 Å². The van der Waals surface area contributed by atoms with E-state index < -0.39 is 8.60 Å². The first-order valence-electron chi connectivity index (χ1n) is 26.8. The molecule has 0 spiro atoms. The molecule has 2 unspecified atom stereocenters. The molecule has 0 saturated carbocycles. The summed E-state index contributed by atoms with van der Waals surface area (Å²) >= 11 is 0. The minimum Gasteiger partial charge on any atom is -0.427 e. The number of hydrogen-bond acceptors (Lipinski definition) is 5. The molecule has 0 amide bonds. The monoisotopic (exact) mass is 863 g/mol. The lowest BCUT2D eigenvalue weighted by molar-refractivity contribution is 0.0356. The highest BCUT2D eigenvalue weighted by Crippen LogP contribution is 2.41. The first-order chi connectivity index (χ1) is 29.7. The van der Waals surface area contributed by atoms with E-state index in [4.69, 9.17) is 23.0 Å². The summed E-state index contributed by atoms with van der Waals surface area (Å²) in [5.74, 6) is 0.822. The highest BCUT2D eigenvalue weighted by Gasteiger charge is 2.15. The first-order valence-corrected chi connectivity index (χ1v) is 27.8. The largest absolute Gasteiger partial charge is 0.427 e. The molecule has 5 nitrogen and oxygen atoms in total. The van der Waals surface area contributed by atoms with Gasteiger partial charge in [-0.25, -0.2) is 0 Å². The van der Waals surface area contributed by atoms with Gasteiger partial charge in [0.25, 0.3) is 0 Å². The third-order valence-corrected chi connectivity index (χ3v) is 13.3. The minimum atomic E-state index is -1.40. The van der Waals surface area contributed by atoms with Crippen molar-refractivity contribution < 1.29 is 23.0 Å². The second kappa shape index (κ2) is 47.8. The van der Waals surface area contributed by atoms with Crippen LogP contribution in [0.1, 0.15) is 272 Å². The molecule has 0 aromatic heterocycles. The molecule has 1 rings (SSSR count). The zero-order valence-electron chi connectivity index (χ0n) is 40.7. The maximum absolute atomic E-state index is 6.45. The second-order valence-electron chi connectivity index (χ2n) is 18.0. The van der Waals surface area contributed by atoms with Gasteiger partial charge in [-0.05, 0) is 63.5 Å². The van der Waals surface area contributed by atoms with E-state index in [-0.39, 0.29) is 0 Å². The Bertz CT molecular complexity index is 880. The van der Waals surface area contributed by atoms with Crippen LogP contribution < -0.4 is 4.52 Å². The number of hydrogen-bond donors (Lipinski definition) is 0. The molecule has 1 aromatic carbocycles. The summed E-state index contributed by atoms with van der Waals surface area (Å²) in [4.78, 5) is 0. The third-order valence-electron chi connectivity index (χ3n) is 12.1. The Hall–Kier alpha value is -0.710. The summed E-state index contributed by atoms with van der Waals surface area (Å²) in [6.07, 6.45) is 50.4. The van der Waals surface area contributed by atoms with E-state index in [0.29, 0.717) is 25.4 Å². The molecule has 0 heterocycles. The highest BCUT2D eigenvalue weighted by atomic mass is 31.2. The van der Waals surface area contributed by atoms with E-state index in [1.807, 2.05) is 30.3 Å². The van der Waals surface area contributed by atoms with Gasteiger partial charge in [-0.15, -0.1) is 0 Å². The van der Waals surface area contributed by atoms with E-state index in [1.54, 1.807) is 0 Å². The third kappa shape index (κ3) is 40.1. The Balaban J connectivity index is 2.27. The SMILES string of the molecule is CCCCCCCCCCCCOC(CCCCC)CCCCCCOP(OCCCCCCC(CCCCC)OCCCCCCCCCCCC)Oc1ccccc1. The van der Waals surface area contributed by atoms with Gasteiger partial charge in [0.1, 0.15) is 5.75 Å².